The zero-order valence-corrected chi connectivity index (χ0v) is 17.2. The highest BCUT2D eigenvalue weighted by atomic mass is 32.2. The van der Waals surface area contributed by atoms with E-state index in [0.717, 1.165) is 11.1 Å². The molecule has 0 bridgehead atoms. The van der Waals surface area contributed by atoms with Gasteiger partial charge in [0.25, 0.3) is 0 Å². The number of carbonyl (C=O) groups is 1. The van der Waals surface area contributed by atoms with Gasteiger partial charge in [-0.1, -0.05) is 24.3 Å². The van der Waals surface area contributed by atoms with Gasteiger partial charge in [0.1, 0.15) is 11.7 Å². The van der Waals surface area contributed by atoms with Crippen molar-refractivity contribution in [3.63, 3.8) is 0 Å². The molecule has 1 saturated heterocycles. The second-order valence-corrected chi connectivity index (χ2v) is 7.48. The van der Waals surface area contributed by atoms with E-state index in [0.29, 0.717) is 37.5 Å². The third-order valence-electron chi connectivity index (χ3n) is 4.86. The molecule has 1 amide bonds. The van der Waals surface area contributed by atoms with Crippen LogP contribution < -0.4 is 10.8 Å². The maximum Gasteiger partial charge on any atom is 0.325 e. The number of carbonyl (C=O) groups excluding carboxylic acids is 1. The number of halogens is 1. The number of hydrogen-bond donors (Lipinski definition) is 2. The van der Waals surface area contributed by atoms with Crippen LogP contribution in [0.4, 0.5) is 10.1 Å². The third kappa shape index (κ3) is 5.62. The van der Waals surface area contributed by atoms with Crippen LogP contribution >= 0.6 is 0 Å². The fraction of sp³-hybridized carbons (Fsp3) is 0.300. The number of amidine groups is 1. The van der Waals surface area contributed by atoms with E-state index in [9.17, 15) is 13.4 Å². The van der Waals surface area contributed by atoms with E-state index >= 15 is 0 Å². The molecule has 2 aromatic rings. The highest BCUT2D eigenvalue weighted by molar-refractivity contribution is 7.74. The monoisotopic (exact) mass is 434 g/mol. The minimum Gasteiger partial charge on any atom is -0.386 e. The highest BCUT2D eigenvalue weighted by Crippen LogP contribution is 2.22. The van der Waals surface area contributed by atoms with Crippen LogP contribution in [0.3, 0.4) is 0 Å². The topological polar surface area (TPSA) is 108 Å². The van der Waals surface area contributed by atoms with Crippen LogP contribution in [0.1, 0.15) is 24.0 Å². The lowest BCUT2D eigenvalue weighted by molar-refractivity contribution is -0.128. The Bertz CT molecular complexity index is 937. The van der Waals surface area contributed by atoms with E-state index in [1.54, 1.807) is 29.2 Å². The first-order chi connectivity index (χ1) is 14.3. The molecule has 0 aromatic heterocycles. The molecule has 2 aromatic carbocycles. The Kier molecular flexibility index (Phi) is 7.14. The molecule has 0 saturated carbocycles. The Labute approximate surface area is 176 Å². The summed E-state index contributed by atoms with van der Waals surface area (Å²) in [5.41, 5.74) is 8.51. The van der Waals surface area contributed by atoms with Crippen LogP contribution in [0.25, 0.3) is 0 Å². The van der Waals surface area contributed by atoms with E-state index in [2.05, 4.69) is 9.28 Å². The highest BCUT2D eigenvalue weighted by Gasteiger charge is 2.33. The van der Waals surface area contributed by atoms with Gasteiger partial charge in [-0.25, -0.2) is 9.45 Å². The van der Waals surface area contributed by atoms with Crippen molar-refractivity contribution in [1.82, 2.24) is 4.90 Å². The van der Waals surface area contributed by atoms with Crippen molar-refractivity contribution in [3.05, 3.63) is 65.5 Å². The molecule has 1 heterocycles. The summed E-state index contributed by atoms with van der Waals surface area (Å²) >= 11 is -2.40. The summed E-state index contributed by atoms with van der Waals surface area (Å²) in [4.78, 5) is 18.4. The molecule has 160 valence electrons. The minimum atomic E-state index is -2.40. The van der Waals surface area contributed by atoms with Gasteiger partial charge in [-0.2, -0.15) is 4.21 Å². The van der Waals surface area contributed by atoms with Gasteiger partial charge in [-0.3, -0.25) is 14.3 Å². The van der Waals surface area contributed by atoms with Crippen molar-refractivity contribution in [1.29, 1.82) is 0 Å². The van der Waals surface area contributed by atoms with Gasteiger partial charge in [0.05, 0.1) is 18.3 Å². The Balaban J connectivity index is 1.64. The van der Waals surface area contributed by atoms with Gasteiger partial charge in [-0.15, -0.1) is 4.28 Å². The molecule has 1 unspecified atom stereocenters. The molecular weight excluding hydrogens is 411 g/mol. The number of nitrogens with two attached hydrogens (primary N) is 1. The number of aliphatic imine (C=N–C) groups is 1. The fourth-order valence-corrected chi connectivity index (χ4v) is 3.54. The summed E-state index contributed by atoms with van der Waals surface area (Å²) in [6.45, 7) is 0.685. The van der Waals surface area contributed by atoms with Crippen LogP contribution in [0.2, 0.25) is 0 Å². The molecule has 1 aliphatic rings. The van der Waals surface area contributed by atoms with Crippen LogP contribution in [0.15, 0.2) is 53.5 Å². The second-order valence-electron chi connectivity index (χ2n) is 6.90. The Morgan fingerprint density at radius 2 is 1.90 bits per heavy atom. The molecule has 3 N–H and O–H groups in total. The SMILES string of the molecule is CN(OS(=O)O)c1ccc(CN=C(N)[C@@H]2CCC(=O)N2Cc2ccc(F)cc2)cc1. The average molecular weight is 434 g/mol. The van der Waals surface area contributed by atoms with Crippen molar-refractivity contribution >= 4 is 28.8 Å². The largest absolute Gasteiger partial charge is 0.386 e. The fourth-order valence-electron chi connectivity index (χ4n) is 3.26. The van der Waals surface area contributed by atoms with Gasteiger partial charge in [0, 0.05) is 20.0 Å². The standard InChI is InChI=1S/C20H23FN4O4S/c1-24(29-30(27)28)17-8-4-14(5-9-17)12-23-20(22)18-10-11-19(26)25(18)13-15-2-6-16(21)7-3-15/h2-9,18H,10-13H2,1H3,(H2,22,23)(H,27,28)/t18-/m0/s1. The van der Waals surface area contributed by atoms with Crippen molar-refractivity contribution < 1.29 is 22.2 Å². The zero-order chi connectivity index (χ0) is 21.7. The van der Waals surface area contributed by atoms with Gasteiger partial charge in [-0.05, 0) is 41.8 Å². The predicted octanol–water partition coefficient (Wildman–Crippen LogP) is 2.38. The molecule has 0 aliphatic carbocycles. The van der Waals surface area contributed by atoms with Crippen molar-refractivity contribution in [2.45, 2.75) is 32.0 Å². The van der Waals surface area contributed by atoms with Crippen molar-refractivity contribution in [2.24, 2.45) is 10.7 Å². The maximum absolute atomic E-state index is 13.1. The van der Waals surface area contributed by atoms with Crippen molar-refractivity contribution in [2.75, 3.05) is 12.1 Å². The molecule has 1 fully saturated rings. The number of anilines is 1. The molecule has 0 spiro atoms. The van der Waals surface area contributed by atoms with Gasteiger partial charge < -0.3 is 10.6 Å². The van der Waals surface area contributed by atoms with Crippen LogP contribution in [-0.2, 0) is 33.5 Å². The molecule has 10 heteroatoms. The van der Waals surface area contributed by atoms with E-state index in [1.807, 2.05) is 12.1 Å². The molecule has 2 atom stereocenters. The normalized spacial score (nSPS) is 18.0. The van der Waals surface area contributed by atoms with Crippen LogP contribution in [0, 0.1) is 5.82 Å². The first-order valence-corrected chi connectivity index (χ1v) is 10.3. The van der Waals surface area contributed by atoms with Crippen molar-refractivity contribution in [3.8, 4) is 0 Å². The molecule has 3 rings (SSSR count). The molecule has 8 nitrogen and oxygen atoms in total. The van der Waals surface area contributed by atoms with Crippen LogP contribution in [-0.4, -0.2) is 38.5 Å². The lowest BCUT2D eigenvalue weighted by atomic mass is 10.1. The molecule has 30 heavy (non-hydrogen) atoms. The molecule has 1 aliphatic heterocycles. The Morgan fingerprint density at radius 1 is 1.27 bits per heavy atom. The number of rotatable bonds is 8. The van der Waals surface area contributed by atoms with Gasteiger partial charge in [0.15, 0.2) is 0 Å². The number of hydroxylamine groups is 1. The summed E-state index contributed by atoms with van der Waals surface area (Å²) in [5.74, 6) is 0.0526. The van der Waals surface area contributed by atoms with Gasteiger partial charge >= 0.3 is 11.4 Å². The quantitative estimate of drug-likeness (QED) is 0.286. The number of benzene rings is 2. The Hall–Kier alpha value is -2.82. The first kappa shape index (κ1) is 21.9. The smallest absolute Gasteiger partial charge is 0.325 e. The average Bonchev–Trinajstić information content (AvgIpc) is 3.08. The maximum atomic E-state index is 13.1. The summed E-state index contributed by atoms with van der Waals surface area (Å²) in [6.07, 6.45) is 0.990. The zero-order valence-electron chi connectivity index (χ0n) is 16.4. The first-order valence-electron chi connectivity index (χ1n) is 9.29. The number of hydrogen-bond acceptors (Lipinski definition) is 5. The van der Waals surface area contributed by atoms with Crippen LogP contribution in [0.5, 0.6) is 0 Å². The predicted molar refractivity (Wildman–Crippen MR) is 112 cm³/mol. The molecular formula is C20H23FN4O4S. The number of nitrogens with zero attached hydrogens (tertiary/aromatic N) is 3. The van der Waals surface area contributed by atoms with Gasteiger partial charge in [0.2, 0.25) is 5.91 Å². The second kappa shape index (κ2) is 9.79. The summed E-state index contributed by atoms with van der Waals surface area (Å²) < 4.78 is 37.3. The number of likely N-dealkylation sites (tertiary alicyclic amines) is 1. The summed E-state index contributed by atoms with van der Waals surface area (Å²) in [7, 11) is 1.52. The lowest BCUT2D eigenvalue weighted by Gasteiger charge is -2.24. The van der Waals surface area contributed by atoms with E-state index in [4.69, 9.17) is 10.3 Å². The summed E-state index contributed by atoms with van der Waals surface area (Å²) in [5, 5.41) is 1.19. The summed E-state index contributed by atoms with van der Waals surface area (Å²) in [6, 6.07) is 12.8. The molecule has 0 radical (unpaired) electrons. The third-order valence-corrected chi connectivity index (χ3v) is 5.21. The van der Waals surface area contributed by atoms with E-state index in [-0.39, 0.29) is 17.8 Å². The van der Waals surface area contributed by atoms with E-state index < -0.39 is 11.4 Å². The minimum absolute atomic E-state index is 0.00358. The van der Waals surface area contributed by atoms with E-state index in [1.165, 1.54) is 24.2 Å². The Morgan fingerprint density at radius 3 is 2.53 bits per heavy atom. The number of amides is 1. The lowest BCUT2D eigenvalue weighted by Crippen LogP contribution is -2.42.